The third-order valence-electron chi connectivity index (χ3n) is 3.95. The maximum Gasteiger partial charge on any atom is 0.142 e. The summed E-state index contributed by atoms with van der Waals surface area (Å²) in [6.07, 6.45) is 7.19. The van der Waals surface area contributed by atoms with E-state index in [2.05, 4.69) is 20.6 Å². The van der Waals surface area contributed by atoms with Crippen molar-refractivity contribution in [2.45, 2.75) is 6.54 Å². The summed E-state index contributed by atoms with van der Waals surface area (Å²) >= 11 is 0. The molecule has 0 fully saturated rings. The van der Waals surface area contributed by atoms with E-state index in [0.29, 0.717) is 6.61 Å². The number of benzene rings is 1. The van der Waals surface area contributed by atoms with Crippen molar-refractivity contribution >= 4 is 11.0 Å². The lowest BCUT2D eigenvalue weighted by molar-refractivity contribution is 0.188. The molecule has 0 amide bonds. The largest absolute Gasteiger partial charge is 0.383 e. The minimum Gasteiger partial charge on any atom is -0.383 e. The van der Waals surface area contributed by atoms with Gasteiger partial charge in [0.15, 0.2) is 0 Å². The summed E-state index contributed by atoms with van der Waals surface area (Å²) in [6.45, 7) is 1.38. The number of methoxy groups -OCH3 is 1. The molecule has 120 valence electrons. The number of hydrogen-bond acceptors (Lipinski definition) is 4. The van der Waals surface area contributed by atoms with Crippen LogP contribution in [-0.4, -0.2) is 37.8 Å². The minimum atomic E-state index is 0.633. The molecule has 1 aromatic carbocycles. The molecule has 24 heavy (non-hydrogen) atoms. The molecule has 0 unspecified atom stereocenters. The van der Waals surface area contributed by atoms with Crippen LogP contribution in [0.1, 0.15) is 0 Å². The smallest absolute Gasteiger partial charge is 0.142 e. The first kappa shape index (κ1) is 14.6. The maximum atomic E-state index is 5.25. The molecule has 3 aromatic heterocycles. The highest BCUT2D eigenvalue weighted by atomic mass is 16.5. The van der Waals surface area contributed by atoms with Gasteiger partial charge in [0.25, 0.3) is 0 Å². The zero-order valence-corrected chi connectivity index (χ0v) is 13.3. The summed E-state index contributed by atoms with van der Waals surface area (Å²) < 4.78 is 9.29. The lowest BCUT2D eigenvalue weighted by Gasteiger charge is -2.09. The molecule has 0 saturated heterocycles. The lowest BCUT2D eigenvalue weighted by atomic mass is 10.2. The van der Waals surface area contributed by atoms with Gasteiger partial charge >= 0.3 is 0 Å². The number of para-hydroxylation sites is 2. The highest BCUT2D eigenvalue weighted by Crippen LogP contribution is 2.24. The van der Waals surface area contributed by atoms with Crippen LogP contribution < -0.4 is 0 Å². The average Bonchev–Trinajstić information content (AvgIpc) is 3.28. The fourth-order valence-corrected chi connectivity index (χ4v) is 2.77. The van der Waals surface area contributed by atoms with E-state index in [1.807, 2.05) is 47.3 Å². The normalized spacial score (nSPS) is 11.2. The second kappa shape index (κ2) is 6.25. The highest BCUT2D eigenvalue weighted by molar-refractivity contribution is 5.80. The summed E-state index contributed by atoms with van der Waals surface area (Å²) in [5.41, 5.74) is 3.05. The molecule has 0 saturated carbocycles. The van der Waals surface area contributed by atoms with Crippen LogP contribution in [0.25, 0.3) is 28.2 Å². The zero-order chi connectivity index (χ0) is 16.4. The molecule has 6 nitrogen and oxygen atoms in total. The number of hydrogen-bond donors (Lipinski definition) is 0. The molecule has 0 spiro atoms. The Bertz CT molecular complexity index is 941. The number of imidazole rings is 2. The maximum absolute atomic E-state index is 5.25. The number of rotatable bonds is 5. The van der Waals surface area contributed by atoms with E-state index in [9.17, 15) is 0 Å². The second-order valence-electron chi connectivity index (χ2n) is 5.44. The van der Waals surface area contributed by atoms with Crippen LogP contribution in [0.4, 0.5) is 0 Å². The topological polar surface area (TPSA) is 57.8 Å². The number of fused-ring (bicyclic) bond motifs is 1. The molecule has 0 aliphatic carbocycles. The van der Waals surface area contributed by atoms with Gasteiger partial charge in [0.05, 0.1) is 17.6 Å². The standard InChI is InChI=1S/C18H17N5O/c1-24-11-10-23-16-5-3-2-4-15(16)21-18(23)14-6-7-17(20-12-14)22-9-8-19-13-22/h2-9,12-13H,10-11H2,1H3. The summed E-state index contributed by atoms with van der Waals surface area (Å²) in [4.78, 5) is 13.4. The summed E-state index contributed by atoms with van der Waals surface area (Å²) in [6, 6.07) is 12.1. The second-order valence-corrected chi connectivity index (χ2v) is 5.44. The van der Waals surface area contributed by atoms with Gasteiger partial charge < -0.3 is 9.30 Å². The molecule has 0 N–H and O–H groups in total. The quantitative estimate of drug-likeness (QED) is 0.567. The molecule has 6 heteroatoms. The van der Waals surface area contributed by atoms with Crippen molar-refractivity contribution in [3.63, 3.8) is 0 Å². The van der Waals surface area contributed by atoms with Crippen LogP contribution >= 0.6 is 0 Å². The van der Waals surface area contributed by atoms with Gasteiger partial charge in [-0.1, -0.05) is 12.1 Å². The third-order valence-corrected chi connectivity index (χ3v) is 3.95. The van der Waals surface area contributed by atoms with E-state index < -0.39 is 0 Å². The van der Waals surface area contributed by atoms with E-state index in [0.717, 1.165) is 34.8 Å². The Morgan fingerprint density at radius 3 is 2.79 bits per heavy atom. The van der Waals surface area contributed by atoms with Crippen molar-refractivity contribution in [1.29, 1.82) is 0 Å². The Labute approximate surface area is 139 Å². The zero-order valence-electron chi connectivity index (χ0n) is 13.3. The van der Waals surface area contributed by atoms with E-state index in [4.69, 9.17) is 9.72 Å². The lowest BCUT2D eigenvalue weighted by Crippen LogP contribution is -2.06. The average molecular weight is 319 g/mol. The Balaban J connectivity index is 1.77. The van der Waals surface area contributed by atoms with E-state index in [1.165, 1.54) is 0 Å². The molecule has 0 aliphatic rings. The molecule has 4 aromatic rings. The number of pyridine rings is 1. The van der Waals surface area contributed by atoms with Gasteiger partial charge in [-0.15, -0.1) is 0 Å². The van der Waals surface area contributed by atoms with Gasteiger partial charge in [-0.2, -0.15) is 0 Å². The number of nitrogens with zero attached hydrogens (tertiary/aromatic N) is 5. The van der Waals surface area contributed by atoms with Crippen molar-refractivity contribution < 1.29 is 4.74 Å². The first-order chi connectivity index (χ1) is 11.9. The van der Waals surface area contributed by atoms with Gasteiger partial charge in [0, 0.05) is 37.8 Å². The number of aromatic nitrogens is 5. The summed E-state index contributed by atoms with van der Waals surface area (Å²) in [7, 11) is 1.71. The molecular formula is C18H17N5O. The van der Waals surface area contributed by atoms with Crippen molar-refractivity contribution in [3.8, 4) is 17.2 Å². The van der Waals surface area contributed by atoms with Crippen LogP contribution in [-0.2, 0) is 11.3 Å². The Morgan fingerprint density at radius 1 is 1.12 bits per heavy atom. The van der Waals surface area contributed by atoms with Crippen LogP contribution in [0.2, 0.25) is 0 Å². The first-order valence-electron chi connectivity index (χ1n) is 7.76. The van der Waals surface area contributed by atoms with E-state index in [-0.39, 0.29) is 0 Å². The summed E-state index contributed by atoms with van der Waals surface area (Å²) in [5.74, 6) is 1.73. The van der Waals surface area contributed by atoms with Crippen molar-refractivity contribution in [2.24, 2.45) is 0 Å². The van der Waals surface area contributed by atoms with E-state index in [1.54, 1.807) is 19.6 Å². The number of ether oxygens (including phenoxy) is 1. The van der Waals surface area contributed by atoms with Crippen molar-refractivity contribution in [3.05, 3.63) is 61.3 Å². The van der Waals surface area contributed by atoms with Crippen LogP contribution in [0.5, 0.6) is 0 Å². The minimum absolute atomic E-state index is 0.633. The van der Waals surface area contributed by atoms with E-state index >= 15 is 0 Å². The fourth-order valence-electron chi connectivity index (χ4n) is 2.77. The monoisotopic (exact) mass is 319 g/mol. The predicted octanol–water partition coefficient (Wildman–Crippen LogP) is 2.93. The first-order valence-corrected chi connectivity index (χ1v) is 7.76. The Kier molecular flexibility index (Phi) is 3.80. The Morgan fingerprint density at radius 2 is 2.04 bits per heavy atom. The van der Waals surface area contributed by atoms with Crippen LogP contribution in [0.3, 0.4) is 0 Å². The fraction of sp³-hybridized carbons (Fsp3) is 0.167. The van der Waals surface area contributed by atoms with Crippen molar-refractivity contribution in [1.82, 2.24) is 24.1 Å². The van der Waals surface area contributed by atoms with Crippen LogP contribution in [0.15, 0.2) is 61.3 Å². The molecule has 3 heterocycles. The van der Waals surface area contributed by atoms with Gasteiger partial charge in [-0.25, -0.2) is 15.0 Å². The SMILES string of the molecule is COCCn1c(-c2ccc(-n3ccnc3)nc2)nc2ccccc21. The van der Waals surface area contributed by atoms with Crippen LogP contribution in [0, 0.1) is 0 Å². The molecule has 4 rings (SSSR count). The molecular weight excluding hydrogens is 302 g/mol. The van der Waals surface area contributed by atoms with Gasteiger partial charge in [0.1, 0.15) is 18.0 Å². The molecule has 0 bridgehead atoms. The Hall–Kier alpha value is -2.99. The molecule has 0 aliphatic heterocycles. The van der Waals surface area contributed by atoms with Gasteiger partial charge in [-0.3, -0.25) is 4.57 Å². The van der Waals surface area contributed by atoms with Gasteiger partial charge in [-0.05, 0) is 24.3 Å². The molecule has 0 atom stereocenters. The predicted molar refractivity (Wildman–Crippen MR) is 92.0 cm³/mol. The van der Waals surface area contributed by atoms with Crippen molar-refractivity contribution in [2.75, 3.05) is 13.7 Å². The highest BCUT2D eigenvalue weighted by Gasteiger charge is 2.12. The molecule has 0 radical (unpaired) electrons. The third kappa shape index (κ3) is 2.57. The van der Waals surface area contributed by atoms with Gasteiger partial charge in [0.2, 0.25) is 0 Å². The summed E-state index contributed by atoms with van der Waals surface area (Å²) in [5, 5.41) is 0.